The zero-order valence-corrected chi connectivity index (χ0v) is 10.6. The molecule has 0 radical (unpaired) electrons. The topological polar surface area (TPSA) is 20.2 Å². The summed E-state index contributed by atoms with van der Waals surface area (Å²) < 4.78 is 0. The second-order valence-corrected chi connectivity index (χ2v) is 5.01. The van der Waals surface area contributed by atoms with Crippen molar-refractivity contribution in [1.29, 1.82) is 0 Å². The molecule has 0 bridgehead atoms. The van der Waals surface area contributed by atoms with E-state index in [0.717, 1.165) is 12.8 Å². The molecule has 0 fully saturated rings. The number of hydrogen-bond acceptors (Lipinski definition) is 1. The third-order valence-electron chi connectivity index (χ3n) is 3.85. The van der Waals surface area contributed by atoms with Crippen LogP contribution >= 0.6 is 0 Å². The van der Waals surface area contributed by atoms with Crippen molar-refractivity contribution in [3.63, 3.8) is 0 Å². The van der Waals surface area contributed by atoms with Gasteiger partial charge >= 0.3 is 0 Å². The van der Waals surface area contributed by atoms with Gasteiger partial charge in [0.1, 0.15) is 0 Å². The number of aliphatic hydroxyl groups excluding tert-OH is 1. The van der Waals surface area contributed by atoms with Crippen LogP contribution in [0.1, 0.15) is 36.8 Å². The van der Waals surface area contributed by atoms with Crippen molar-refractivity contribution in [2.75, 3.05) is 0 Å². The summed E-state index contributed by atoms with van der Waals surface area (Å²) in [4.78, 5) is 0. The molecule has 0 saturated carbocycles. The number of fused-ring (bicyclic) bond motifs is 3. The zero-order valence-electron chi connectivity index (χ0n) is 10.6. The minimum atomic E-state index is -0.278. The van der Waals surface area contributed by atoms with Crippen LogP contribution in [0, 0.1) is 0 Å². The van der Waals surface area contributed by atoms with Gasteiger partial charge < -0.3 is 5.11 Å². The molecule has 2 aromatic carbocycles. The first-order valence-corrected chi connectivity index (χ1v) is 6.69. The van der Waals surface area contributed by atoms with Crippen molar-refractivity contribution >= 4 is 0 Å². The minimum Gasteiger partial charge on any atom is -0.392 e. The van der Waals surface area contributed by atoms with Crippen LogP contribution in [0.3, 0.4) is 0 Å². The third-order valence-corrected chi connectivity index (χ3v) is 3.85. The number of benzene rings is 2. The van der Waals surface area contributed by atoms with Crippen LogP contribution in [0.2, 0.25) is 0 Å². The summed E-state index contributed by atoms with van der Waals surface area (Å²) in [6.45, 7) is 2.12. The summed E-state index contributed by atoms with van der Waals surface area (Å²) >= 11 is 0. The maximum atomic E-state index is 10.4. The molecular formula is C17H18O. The van der Waals surface area contributed by atoms with Crippen LogP contribution in [-0.2, 0) is 0 Å². The first kappa shape index (κ1) is 11.5. The third kappa shape index (κ3) is 1.67. The van der Waals surface area contributed by atoms with Crippen molar-refractivity contribution in [2.24, 2.45) is 0 Å². The Bertz CT molecular complexity index is 514. The van der Waals surface area contributed by atoms with Gasteiger partial charge in [-0.25, -0.2) is 0 Å². The van der Waals surface area contributed by atoms with Gasteiger partial charge in [-0.15, -0.1) is 0 Å². The standard InChI is InChI=1S/C17H18O/c1-2-7-16(18)17-14-10-5-3-8-12(14)13-9-4-6-11-15(13)17/h3-6,8-11,16-18H,2,7H2,1H3. The summed E-state index contributed by atoms with van der Waals surface area (Å²) in [6.07, 6.45) is 1.59. The molecule has 0 saturated heterocycles. The highest BCUT2D eigenvalue weighted by molar-refractivity contribution is 5.79. The first-order chi connectivity index (χ1) is 8.83. The first-order valence-electron chi connectivity index (χ1n) is 6.69. The van der Waals surface area contributed by atoms with E-state index in [2.05, 4.69) is 55.5 Å². The Labute approximate surface area is 108 Å². The van der Waals surface area contributed by atoms with Crippen molar-refractivity contribution in [1.82, 2.24) is 0 Å². The molecule has 1 aliphatic rings. The number of aliphatic hydroxyl groups is 1. The maximum absolute atomic E-state index is 10.4. The fourth-order valence-corrected chi connectivity index (χ4v) is 3.07. The molecule has 0 heterocycles. The maximum Gasteiger partial charge on any atom is 0.0649 e. The van der Waals surface area contributed by atoms with Gasteiger partial charge in [0.25, 0.3) is 0 Å². The van der Waals surface area contributed by atoms with Gasteiger partial charge in [0.05, 0.1) is 6.10 Å². The van der Waals surface area contributed by atoms with Gasteiger partial charge in [-0.1, -0.05) is 61.9 Å². The summed E-state index contributed by atoms with van der Waals surface area (Å²) in [7, 11) is 0. The SMILES string of the molecule is CCCC(O)C1c2ccccc2-c2ccccc21. The normalized spacial score (nSPS) is 15.2. The molecule has 0 spiro atoms. The fraction of sp³-hybridized carbons (Fsp3) is 0.294. The molecule has 1 N–H and O–H groups in total. The van der Waals surface area contributed by atoms with Gasteiger partial charge in [-0.2, -0.15) is 0 Å². The largest absolute Gasteiger partial charge is 0.392 e. The fourth-order valence-electron chi connectivity index (χ4n) is 3.07. The van der Waals surface area contributed by atoms with Crippen LogP contribution in [0.15, 0.2) is 48.5 Å². The lowest BCUT2D eigenvalue weighted by Gasteiger charge is -2.20. The number of rotatable bonds is 3. The Hall–Kier alpha value is -1.60. The Morgan fingerprint density at radius 2 is 1.44 bits per heavy atom. The van der Waals surface area contributed by atoms with Crippen molar-refractivity contribution in [3.8, 4) is 11.1 Å². The van der Waals surface area contributed by atoms with Crippen LogP contribution in [0.4, 0.5) is 0 Å². The highest BCUT2D eigenvalue weighted by Crippen LogP contribution is 2.46. The molecule has 0 aromatic heterocycles. The second-order valence-electron chi connectivity index (χ2n) is 5.01. The quantitative estimate of drug-likeness (QED) is 0.858. The molecule has 18 heavy (non-hydrogen) atoms. The summed E-state index contributed by atoms with van der Waals surface area (Å²) in [5.74, 6) is 0.150. The molecule has 1 heteroatoms. The highest BCUT2D eigenvalue weighted by Gasteiger charge is 2.32. The van der Waals surface area contributed by atoms with E-state index < -0.39 is 0 Å². The van der Waals surface area contributed by atoms with Gasteiger partial charge in [-0.3, -0.25) is 0 Å². The minimum absolute atomic E-state index is 0.150. The Morgan fingerprint density at radius 1 is 0.944 bits per heavy atom. The van der Waals surface area contributed by atoms with E-state index >= 15 is 0 Å². The smallest absolute Gasteiger partial charge is 0.0649 e. The van der Waals surface area contributed by atoms with E-state index in [9.17, 15) is 5.11 Å². The average Bonchev–Trinajstić information content (AvgIpc) is 2.73. The Balaban J connectivity index is 2.14. The van der Waals surface area contributed by atoms with Crippen LogP contribution in [0.25, 0.3) is 11.1 Å². The lowest BCUT2D eigenvalue weighted by Crippen LogP contribution is -2.17. The van der Waals surface area contributed by atoms with Crippen molar-refractivity contribution in [2.45, 2.75) is 31.8 Å². The summed E-state index contributed by atoms with van der Waals surface area (Å²) in [5.41, 5.74) is 5.13. The van der Waals surface area contributed by atoms with Crippen molar-refractivity contribution < 1.29 is 5.11 Å². The predicted molar refractivity (Wildman–Crippen MR) is 74.6 cm³/mol. The van der Waals surface area contributed by atoms with E-state index in [4.69, 9.17) is 0 Å². The molecule has 92 valence electrons. The summed E-state index contributed by atoms with van der Waals surface area (Å²) in [6, 6.07) is 16.9. The second kappa shape index (κ2) is 4.58. The molecule has 1 atom stereocenters. The molecule has 1 aliphatic carbocycles. The van der Waals surface area contributed by atoms with Crippen molar-refractivity contribution in [3.05, 3.63) is 59.7 Å². The lowest BCUT2D eigenvalue weighted by molar-refractivity contribution is 0.147. The molecule has 2 aromatic rings. The number of hydrogen-bond donors (Lipinski definition) is 1. The van der Waals surface area contributed by atoms with Crippen LogP contribution in [-0.4, -0.2) is 11.2 Å². The predicted octanol–water partition coefficient (Wildman–Crippen LogP) is 3.96. The molecule has 0 amide bonds. The molecular weight excluding hydrogens is 220 g/mol. The van der Waals surface area contributed by atoms with E-state index in [1.807, 2.05) is 0 Å². The van der Waals surface area contributed by atoms with E-state index in [1.165, 1.54) is 22.3 Å². The highest BCUT2D eigenvalue weighted by atomic mass is 16.3. The molecule has 0 aliphatic heterocycles. The van der Waals surface area contributed by atoms with E-state index in [1.54, 1.807) is 0 Å². The van der Waals surface area contributed by atoms with E-state index in [-0.39, 0.29) is 12.0 Å². The summed E-state index contributed by atoms with van der Waals surface area (Å²) in [5, 5.41) is 10.4. The van der Waals surface area contributed by atoms with Gasteiger partial charge in [-0.05, 0) is 28.7 Å². The lowest BCUT2D eigenvalue weighted by atomic mass is 9.89. The molecule has 3 rings (SSSR count). The zero-order chi connectivity index (χ0) is 12.5. The Kier molecular flexibility index (Phi) is 2.92. The Morgan fingerprint density at radius 3 is 1.94 bits per heavy atom. The van der Waals surface area contributed by atoms with E-state index in [0.29, 0.717) is 0 Å². The molecule has 1 unspecified atom stereocenters. The van der Waals surface area contributed by atoms with Crippen LogP contribution < -0.4 is 0 Å². The van der Waals surface area contributed by atoms with Crippen LogP contribution in [0.5, 0.6) is 0 Å². The van der Waals surface area contributed by atoms with Gasteiger partial charge in [0.15, 0.2) is 0 Å². The van der Waals surface area contributed by atoms with Gasteiger partial charge in [0.2, 0.25) is 0 Å². The average molecular weight is 238 g/mol. The monoisotopic (exact) mass is 238 g/mol. The molecule has 1 nitrogen and oxygen atoms in total. The van der Waals surface area contributed by atoms with Gasteiger partial charge in [0, 0.05) is 5.92 Å².